The molecule has 2 amide bonds. The van der Waals surface area contributed by atoms with Crippen LogP contribution >= 0.6 is 15.9 Å². The molecule has 1 N–H and O–H groups in total. The number of halogens is 1. The fourth-order valence-corrected chi connectivity index (χ4v) is 4.51. The molecule has 1 aliphatic heterocycles. The summed E-state index contributed by atoms with van der Waals surface area (Å²) in [6.07, 6.45) is 6.18. The summed E-state index contributed by atoms with van der Waals surface area (Å²) in [7, 11) is 0. The highest BCUT2D eigenvalue weighted by Gasteiger charge is 2.32. The fourth-order valence-electron chi connectivity index (χ4n) is 4.09. The Kier molecular flexibility index (Phi) is 6.23. The van der Waals surface area contributed by atoms with E-state index in [1.54, 1.807) is 12.1 Å². The first-order valence-electron chi connectivity index (χ1n) is 10.4. The van der Waals surface area contributed by atoms with Gasteiger partial charge in [0.25, 0.3) is 5.91 Å². The Bertz CT molecular complexity index is 988. The van der Waals surface area contributed by atoms with Gasteiger partial charge in [0.2, 0.25) is 5.91 Å². The largest absolute Gasteiger partial charge is 0.449 e. The normalized spacial score (nSPS) is 22.4. The van der Waals surface area contributed by atoms with Crippen LogP contribution in [0.5, 0.6) is 5.75 Å². The van der Waals surface area contributed by atoms with Gasteiger partial charge in [-0.3, -0.25) is 14.5 Å². The maximum Gasteiger partial charge on any atom is 0.294 e. The summed E-state index contributed by atoms with van der Waals surface area (Å²) in [6, 6.07) is 15.1. The van der Waals surface area contributed by atoms with Crippen molar-refractivity contribution in [1.82, 2.24) is 5.32 Å². The Morgan fingerprint density at radius 1 is 1.20 bits per heavy atom. The summed E-state index contributed by atoms with van der Waals surface area (Å²) >= 11 is 3.45. The molecular formula is C24H25BrN2O3. The first kappa shape index (κ1) is 20.7. The SMILES string of the molecule is C[C@@H]1CCCC[C@H]1NC(=O)CN1C(=O)/C(=C\c2cccc(Br)c2)Oc2ccccc21. The highest BCUT2D eigenvalue weighted by atomic mass is 79.9. The molecule has 0 unspecified atom stereocenters. The van der Waals surface area contributed by atoms with Crippen LogP contribution in [0.3, 0.4) is 0 Å². The van der Waals surface area contributed by atoms with E-state index in [0.717, 1.165) is 29.3 Å². The van der Waals surface area contributed by atoms with Gasteiger partial charge in [0.1, 0.15) is 6.54 Å². The average Bonchev–Trinajstić information content (AvgIpc) is 2.73. The van der Waals surface area contributed by atoms with Crippen LogP contribution in [0, 0.1) is 5.92 Å². The minimum absolute atomic E-state index is 0.0295. The van der Waals surface area contributed by atoms with E-state index >= 15 is 0 Å². The number of carbonyl (C=O) groups excluding carboxylic acids is 2. The van der Waals surface area contributed by atoms with Crippen LogP contribution in [0.4, 0.5) is 5.69 Å². The van der Waals surface area contributed by atoms with Gasteiger partial charge in [-0.15, -0.1) is 0 Å². The van der Waals surface area contributed by atoms with Crippen molar-refractivity contribution in [2.75, 3.05) is 11.4 Å². The number of fused-ring (bicyclic) bond motifs is 1. The molecule has 156 valence electrons. The Balaban J connectivity index is 1.57. The average molecular weight is 469 g/mol. The van der Waals surface area contributed by atoms with Crippen molar-refractivity contribution in [2.45, 2.75) is 38.6 Å². The van der Waals surface area contributed by atoms with Crippen molar-refractivity contribution < 1.29 is 14.3 Å². The zero-order valence-electron chi connectivity index (χ0n) is 16.9. The molecule has 0 radical (unpaired) electrons. The summed E-state index contributed by atoms with van der Waals surface area (Å²) in [4.78, 5) is 27.5. The number of nitrogens with one attached hydrogen (secondary N) is 1. The molecule has 6 heteroatoms. The molecule has 4 rings (SSSR count). The summed E-state index contributed by atoms with van der Waals surface area (Å²) in [6.45, 7) is 2.15. The summed E-state index contributed by atoms with van der Waals surface area (Å²) < 4.78 is 6.80. The first-order valence-corrected chi connectivity index (χ1v) is 11.2. The zero-order valence-corrected chi connectivity index (χ0v) is 18.5. The third-order valence-electron chi connectivity index (χ3n) is 5.74. The second-order valence-corrected chi connectivity index (χ2v) is 8.88. The van der Waals surface area contributed by atoms with E-state index in [1.165, 1.54) is 11.3 Å². The molecule has 0 aromatic heterocycles. The monoisotopic (exact) mass is 468 g/mol. The van der Waals surface area contributed by atoms with Gasteiger partial charge >= 0.3 is 0 Å². The number of rotatable bonds is 4. The van der Waals surface area contributed by atoms with E-state index in [4.69, 9.17) is 4.74 Å². The van der Waals surface area contributed by atoms with Crippen molar-refractivity contribution in [3.05, 3.63) is 64.3 Å². The first-order chi connectivity index (χ1) is 14.5. The molecule has 30 heavy (non-hydrogen) atoms. The Morgan fingerprint density at radius 3 is 2.80 bits per heavy atom. The van der Waals surface area contributed by atoms with Crippen LogP contribution in [0.25, 0.3) is 6.08 Å². The number of ether oxygens (including phenoxy) is 1. The van der Waals surface area contributed by atoms with Gasteiger partial charge in [0.05, 0.1) is 5.69 Å². The van der Waals surface area contributed by atoms with Gasteiger partial charge in [-0.05, 0) is 54.7 Å². The Labute approximate surface area is 185 Å². The third kappa shape index (κ3) is 4.59. The van der Waals surface area contributed by atoms with Gasteiger partial charge < -0.3 is 10.1 Å². The highest BCUT2D eigenvalue weighted by molar-refractivity contribution is 9.10. The lowest BCUT2D eigenvalue weighted by atomic mass is 9.86. The van der Waals surface area contributed by atoms with Crippen LogP contribution in [0.2, 0.25) is 0 Å². The molecule has 1 aliphatic carbocycles. The van der Waals surface area contributed by atoms with Crippen LogP contribution in [-0.4, -0.2) is 24.4 Å². The smallest absolute Gasteiger partial charge is 0.294 e. The van der Waals surface area contributed by atoms with Crippen molar-refractivity contribution in [3.63, 3.8) is 0 Å². The summed E-state index contributed by atoms with van der Waals surface area (Å²) in [5.41, 5.74) is 1.45. The van der Waals surface area contributed by atoms with Crippen molar-refractivity contribution in [2.24, 2.45) is 5.92 Å². The molecule has 0 saturated heterocycles. The number of anilines is 1. The van der Waals surface area contributed by atoms with E-state index in [1.807, 2.05) is 42.5 Å². The van der Waals surface area contributed by atoms with Crippen LogP contribution in [0.1, 0.15) is 38.2 Å². The van der Waals surface area contributed by atoms with Gasteiger partial charge in [-0.1, -0.05) is 60.0 Å². The maximum atomic E-state index is 13.2. The minimum atomic E-state index is -0.319. The van der Waals surface area contributed by atoms with Crippen molar-refractivity contribution >= 4 is 39.5 Å². The molecule has 2 aromatic carbocycles. The lowest BCUT2D eigenvalue weighted by Crippen LogP contribution is -2.48. The van der Waals surface area contributed by atoms with Crippen molar-refractivity contribution in [3.8, 4) is 5.75 Å². The lowest BCUT2D eigenvalue weighted by Gasteiger charge is -2.32. The predicted octanol–water partition coefficient (Wildman–Crippen LogP) is 4.91. The van der Waals surface area contributed by atoms with E-state index in [0.29, 0.717) is 17.4 Å². The molecule has 5 nitrogen and oxygen atoms in total. The maximum absolute atomic E-state index is 13.2. The molecule has 2 aliphatic rings. The minimum Gasteiger partial charge on any atom is -0.449 e. The van der Waals surface area contributed by atoms with E-state index in [-0.39, 0.29) is 30.2 Å². The standard InChI is InChI=1S/C24H25BrN2O3/c1-16-7-2-3-10-19(16)26-23(28)15-27-20-11-4-5-12-21(20)30-22(24(27)29)14-17-8-6-9-18(25)13-17/h4-6,8-9,11-14,16,19H,2-3,7,10,15H2,1H3,(H,26,28)/b22-14+/t16-,19-/m1/s1. The fraction of sp³-hybridized carbons (Fsp3) is 0.333. The zero-order chi connectivity index (χ0) is 21.1. The number of carbonyl (C=O) groups is 2. The number of hydrogen-bond donors (Lipinski definition) is 1. The van der Waals surface area contributed by atoms with E-state index in [2.05, 4.69) is 28.2 Å². The van der Waals surface area contributed by atoms with Gasteiger partial charge in [-0.2, -0.15) is 0 Å². The van der Waals surface area contributed by atoms with Gasteiger partial charge in [-0.25, -0.2) is 0 Å². The summed E-state index contributed by atoms with van der Waals surface area (Å²) in [5, 5.41) is 3.14. The van der Waals surface area contributed by atoms with Crippen LogP contribution in [-0.2, 0) is 9.59 Å². The van der Waals surface area contributed by atoms with Crippen LogP contribution in [0.15, 0.2) is 58.8 Å². The number of nitrogens with zero attached hydrogens (tertiary/aromatic N) is 1. The molecule has 1 fully saturated rings. The third-order valence-corrected chi connectivity index (χ3v) is 6.23. The number of para-hydroxylation sites is 2. The number of benzene rings is 2. The number of amides is 2. The lowest BCUT2D eigenvalue weighted by molar-refractivity contribution is -0.124. The topological polar surface area (TPSA) is 58.6 Å². The molecular weight excluding hydrogens is 444 g/mol. The van der Waals surface area contributed by atoms with Gasteiger partial charge in [0.15, 0.2) is 11.5 Å². The molecule has 1 saturated carbocycles. The van der Waals surface area contributed by atoms with E-state index in [9.17, 15) is 9.59 Å². The van der Waals surface area contributed by atoms with E-state index < -0.39 is 0 Å². The summed E-state index contributed by atoms with van der Waals surface area (Å²) in [5.74, 6) is 0.770. The van der Waals surface area contributed by atoms with Gasteiger partial charge in [0, 0.05) is 10.5 Å². The van der Waals surface area contributed by atoms with Crippen LogP contribution < -0.4 is 15.0 Å². The highest BCUT2D eigenvalue weighted by Crippen LogP contribution is 2.35. The molecule has 2 atom stereocenters. The molecule has 1 heterocycles. The quantitative estimate of drug-likeness (QED) is 0.648. The molecule has 0 spiro atoms. The van der Waals surface area contributed by atoms with Crippen molar-refractivity contribution in [1.29, 1.82) is 0 Å². The second-order valence-electron chi connectivity index (χ2n) is 7.96. The molecule has 0 bridgehead atoms. The Morgan fingerprint density at radius 2 is 2.00 bits per heavy atom. The predicted molar refractivity (Wildman–Crippen MR) is 121 cm³/mol. The Hall–Kier alpha value is -2.60. The second kappa shape index (κ2) is 9.04. The number of hydrogen-bond acceptors (Lipinski definition) is 3. The molecule has 2 aromatic rings.